The molecule has 7 nitrogen and oxygen atoms in total. The van der Waals surface area contributed by atoms with Crippen LogP contribution in [-0.2, 0) is 28.5 Å². The second-order valence-electron chi connectivity index (χ2n) is 8.24. The molecule has 32 heavy (non-hydrogen) atoms. The number of Topliss-reactive ketones (excluding diaryl/α,β-unsaturated/α-hetero) is 2. The molecule has 0 aliphatic rings. The highest BCUT2D eigenvalue weighted by molar-refractivity contribution is 5.78. The first-order valence-corrected chi connectivity index (χ1v) is 12.6. The van der Waals surface area contributed by atoms with Crippen molar-refractivity contribution in [1.29, 1.82) is 0 Å². The highest BCUT2D eigenvalue weighted by atomic mass is 16.6. The van der Waals surface area contributed by atoms with E-state index < -0.39 is 0 Å². The van der Waals surface area contributed by atoms with Crippen LogP contribution in [0.5, 0.6) is 0 Å². The maximum atomic E-state index is 11.8. The number of ketones is 2. The molecule has 0 bridgehead atoms. The molecule has 0 N–H and O–H groups in total. The van der Waals surface area contributed by atoms with Gasteiger partial charge in [-0.15, -0.1) is 0 Å². The summed E-state index contributed by atoms with van der Waals surface area (Å²) in [6.07, 6.45) is 9.07. The molecular formula is C25H49NO6. The molecule has 0 unspecified atom stereocenters. The second kappa shape index (κ2) is 24.8. The van der Waals surface area contributed by atoms with Gasteiger partial charge >= 0.3 is 0 Å². The number of ether oxygens (including phenoxy) is 4. The molecule has 0 aromatic carbocycles. The van der Waals surface area contributed by atoms with Gasteiger partial charge in [0.25, 0.3) is 0 Å². The fraction of sp³-hybridized carbons (Fsp3) is 0.920. The molecule has 0 saturated heterocycles. The van der Waals surface area contributed by atoms with Crippen molar-refractivity contribution >= 4 is 11.6 Å². The standard InChI is InChI=1S/C25H49NO6/c1-4-6-8-10-24(27)12-14-26(3)15-17-30-19-21-32-23-22-31-20-18-29-16-13-25(28)11-9-7-5-2/h4-23H2,1-3H3. The van der Waals surface area contributed by atoms with Gasteiger partial charge in [-0.05, 0) is 19.9 Å². The van der Waals surface area contributed by atoms with E-state index in [1.54, 1.807) is 0 Å². The third-order valence-corrected chi connectivity index (χ3v) is 5.15. The molecule has 0 spiro atoms. The van der Waals surface area contributed by atoms with Crippen molar-refractivity contribution in [3.8, 4) is 0 Å². The quantitative estimate of drug-likeness (QED) is 0.181. The first-order valence-electron chi connectivity index (χ1n) is 12.6. The first-order chi connectivity index (χ1) is 15.6. The van der Waals surface area contributed by atoms with Crippen molar-refractivity contribution in [2.45, 2.75) is 78.1 Å². The van der Waals surface area contributed by atoms with Crippen LogP contribution in [0.1, 0.15) is 78.1 Å². The van der Waals surface area contributed by atoms with Crippen molar-refractivity contribution in [1.82, 2.24) is 4.90 Å². The number of hydrogen-bond donors (Lipinski definition) is 0. The third kappa shape index (κ3) is 23.8. The minimum absolute atomic E-state index is 0.287. The van der Waals surface area contributed by atoms with Gasteiger partial charge in [0.15, 0.2) is 0 Å². The molecule has 0 atom stereocenters. The molecule has 0 aliphatic heterocycles. The van der Waals surface area contributed by atoms with Crippen LogP contribution in [-0.4, -0.2) is 89.5 Å². The average molecular weight is 460 g/mol. The molecule has 0 amide bonds. The van der Waals surface area contributed by atoms with Gasteiger partial charge in [0, 0.05) is 38.8 Å². The average Bonchev–Trinajstić information content (AvgIpc) is 2.78. The van der Waals surface area contributed by atoms with Crippen molar-refractivity contribution in [3.05, 3.63) is 0 Å². The van der Waals surface area contributed by atoms with Gasteiger partial charge < -0.3 is 23.8 Å². The maximum absolute atomic E-state index is 11.8. The Balaban J connectivity index is 3.26. The summed E-state index contributed by atoms with van der Waals surface area (Å²) in [6.45, 7) is 10.2. The largest absolute Gasteiger partial charge is 0.379 e. The van der Waals surface area contributed by atoms with Gasteiger partial charge in [-0.1, -0.05) is 39.5 Å². The Bertz CT molecular complexity index is 433. The minimum atomic E-state index is 0.287. The molecule has 0 aromatic heterocycles. The number of hydrogen-bond acceptors (Lipinski definition) is 7. The molecule has 0 aromatic rings. The van der Waals surface area contributed by atoms with E-state index in [2.05, 4.69) is 18.7 Å². The summed E-state index contributed by atoms with van der Waals surface area (Å²) in [5.74, 6) is 0.649. The monoisotopic (exact) mass is 459 g/mol. The van der Waals surface area contributed by atoms with Crippen LogP contribution in [0.4, 0.5) is 0 Å². The predicted molar refractivity (Wildman–Crippen MR) is 128 cm³/mol. The summed E-state index contributed by atoms with van der Waals surface area (Å²) in [4.78, 5) is 25.5. The zero-order valence-electron chi connectivity index (χ0n) is 21.0. The Morgan fingerprint density at radius 2 is 0.969 bits per heavy atom. The fourth-order valence-electron chi connectivity index (χ4n) is 2.99. The lowest BCUT2D eigenvalue weighted by molar-refractivity contribution is -0.120. The summed E-state index contributed by atoms with van der Waals surface area (Å²) in [5.41, 5.74) is 0. The first kappa shape index (κ1) is 31.1. The Hall–Kier alpha value is -0.860. The zero-order chi connectivity index (χ0) is 23.7. The topological polar surface area (TPSA) is 74.3 Å². The smallest absolute Gasteiger partial charge is 0.135 e. The molecule has 0 fully saturated rings. The van der Waals surface area contributed by atoms with E-state index in [1.165, 1.54) is 0 Å². The van der Waals surface area contributed by atoms with Gasteiger partial charge in [-0.25, -0.2) is 0 Å². The normalized spacial score (nSPS) is 11.4. The summed E-state index contributed by atoms with van der Waals surface area (Å²) < 4.78 is 21.9. The zero-order valence-corrected chi connectivity index (χ0v) is 21.0. The Morgan fingerprint density at radius 3 is 1.47 bits per heavy atom. The molecule has 0 rings (SSSR count). The van der Waals surface area contributed by atoms with Gasteiger partial charge in [0.2, 0.25) is 0 Å². The second-order valence-corrected chi connectivity index (χ2v) is 8.24. The van der Waals surface area contributed by atoms with Crippen molar-refractivity contribution < 1.29 is 28.5 Å². The van der Waals surface area contributed by atoms with Crippen molar-refractivity contribution in [2.75, 3.05) is 73.0 Å². The van der Waals surface area contributed by atoms with Crippen LogP contribution < -0.4 is 0 Å². The highest BCUT2D eigenvalue weighted by Crippen LogP contribution is 2.03. The SMILES string of the molecule is CCCCCC(=O)CCOCCOCCOCCOCCN(C)CCC(=O)CCCCC. The Kier molecular flexibility index (Phi) is 24.1. The summed E-state index contributed by atoms with van der Waals surface area (Å²) in [7, 11) is 2.02. The lowest BCUT2D eigenvalue weighted by atomic mass is 10.1. The number of carbonyl (C=O) groups is 2. The fourth-order valence-corrected chi connectivity index (χ4v) is 2.99. The Labute approximate surface area is 196 Å². The summed E-state index contributed by atoms with van der Waals surface area (Å²) in [6, 6.07) is 0. The summed E-state index contributed by atoms with van der Waals surface area (Å²) in [5, 5.41) is 0. The summed E-state index contributed by atoms with van der Waals surface area (Å²) >= 11 is 0. The van der Waals surface area contributed by atoms with E-state index >= 15 is 0 Å². The molecular weight excluding hydrogens is 410 g/mol. The van der Waals surface area contributed by atoms with E-state index in [1.807, 2.05) is 7.05 Å². The van der Waals surface area contributed by atoms with Gasteiger partial charge in [-0.2, -0.15) is 0 Å². The van der Waals surface area contributed by atoms with Crippen LogP contribution in [0, 0.1) is 0 Å². The third-order valence-electron chi connectivity index (χ3n) is 5.15. The Morgan fingerprint density at radius 1 is 0.531 bits per heavy atom. The lowest BCUT2D eigenvalue weighted by Gasteiger charge is -2.16. The number of unbranched alkanes of at least 4 members (excludes halogenated alkanes) is 4. The lowest BCUT2D eigenvalue weighted by Crippen LogP contribution is -2.26. The highest BCUT2D eigenvalue weighted by Gasteiger charge is 2.05. The van der Waals surface area contributed by atoms with E-state index in [0.717, 1.165) is 51.6 Å². The van der Waals surface area contributed by atoms with Crippen LogP contribution in [0.15, 0.2) is 0 Å². The number of nitrogens with zero attached hydrogens (tertiary/aromatic N) is 1. The molecule has 0 saturated carbocycles. The van der Waals surface area contributed by atoms with E-state index in [9.17, 15) is 9.59 Å². The van der Waals surface area contributed by atoms with Gasteiger partial charge in [0.1, 0.15) is 11.6 Å². The minimum Gasteiger partial charge on any atom is -0.379 e. The molecule has 0 aliphatic carbocycles. The van der Waals surface area contributed by atoms with Crippen LogP contribution in [0.2, 0.25) is 0 Å². The van der Waals surface area contributed by atoms with Crippen molar-refractivity contribution in [2.24, 2.45) is 0 Å². The molecule has 0 radical (unpaired) electrons. The van der Waals surface area contributed by atoms with Crippen LogP contribution >= 0.6 is 0 Å². The van der Waals surface area contributed by atoms with E-state index in [-0.39, 0.29) is 5.78 Å². The van der Waals surface area contributed by atoms with Crippen LogP contribution in [0.25, 0.3) is 0 Å². The number of rotatable bonds is 26. The van der Waals surface area contributed by atoms with Gasteiger partial charge in [-0.3, -0.25) is 9.59 Å². The van der Waals surface area contributed by atoms with Crippen LogP contribution in [0.3, 0.4) is 0 Å². The number of likely N-dealkylation sites (N-methyl/N-ethyl adjacent to an activating group) is 1. The van der Waals surface area contributed by atoms with Gasteiger partial charge in [0.05, 0.1) is 52.9 Å². The predicted octanol–water partition coefficient (Wildman–Crippen LogP) is 4.06. The molecule has 0 heterocycles. The number of carbonyl (C=O) groups excluding carboxylic acids is 2. The maximum Gasteiger partial charge on any atom is 0.135 e. The molecule has 190 valence electrons. The van der Waals surface area contributed by atoms with E-state index in [0.29, 0.717) is 84.3 Å². The van der Waals surface area contributed by atoms with Crippen molar-refractivity contribution in [3.63, 3.8) is 0 Å². The molecule has 7 heteroatoms. The van der Waals surface area contributed by atoms with E-state index in [4.69, 9.17) is 18.9 Å².